The predicted octanol–water partition coefficient (Wildman–Crippen LogP) is 2.93. The normalized spacial score (nSPS) is 15.5. The number of ether oxygens (including phenoxy) is 1. The Morgan fingerprint density at radius 2 is 1.92 bits per heavy atom. The van der Waals surface area contributed by atoms with Crippen molar-refractivity contribution in [3.63, 3.8) is 0 Å². The van der Waals surface area contributed by atoms with E-state index in [0.717, 1.165) is 25.7 Å². The summed E-state index contributed by atoms with van der Waals surface area (Å²) in [7, 11) is 0. The number of nitrogens with one attached hydrogen (secondary N) is 1. The van der Waals surface area contributed by atoms with Crippen LogP contribution in [0.25, 0.3) is 5.69 Å². The molecule has 1 N–H and O–H groups in total. The second kappa shape index (κ2) is 7.37. The number of hydrogen-bond donors (Lipinski definition) is 1. The molecule has 0 spiro atoms. The van der Waals surface area contributed by atoms with Gasteiger partial charge in [0, 0.05) is 6.04 Å². The highest BCUT2D eigenvalue weighted by Gasteiger charge is 2.19. The molecule has 8 heteroatoms. The average Bonchev–Trinajstić information content (AvgIpc) is 3.06. The number of halogens is 2. The van der Waals surface area contributed by atoms with E-state index in [-0.39, 0.29) is 23.5 Å². The van der Waals surface area contributed by atoms with Crippen molar-refractivity contribution >= 4 is 5.91 Å². The van der Waals surface area contributed by atoms with E-state index in [4.69, 9.17) is 0 Å². The van der Waals surface area contributed by atoms with Crippen LogP contribution in [0.1, 0.15) is 42.7 Å². The van der Waals surface area contributed by atoms with Crippen LogP contribution in [0.2, 0.25) is 0 Å². The van der Waals surface area contributed by atoms with Gasteiger partial charge in [0.25, 0.3) is 5.91 Å². The molecule has 1 aromatic heterocycles. The number of alkyl halides is 2. The number of amides is 1. The third kappa shape index (κ3) is 4.06. The van der Waals surface area contributed by atoms with E-state index in [2.05, 4.69) is 20.1 Å². The van der Waals surface area contributed by atoms with Gasteiger partial charge >= 0.3 is 6.61 Å². The first kappa shape index (κ1) is 16.4. The molecule has 0 saturated heterocycles. The molecule has 0 radical (unpaired) electrons. The maximum atomic E-state index is 12.2. The SMILES string of the molecule is O=C(NC1CCCCC1)c1ncn(-c2ccc(OC(F)F)cc2)n1. The Kier molecular flexibility index (Phi) is 5.02. The number of carbonyl (C=O) groups is 1. The fourth-order valence-electron chi connectivity index (χ4n) is 2.77. The van der Waals surface area contributed by atoms with Gasteiger partial charge in [-0.25, -0.2) is 9.67 Å². The molecule has 1 amide bonds. The summed E-state index contributed by atoms with van der Waals surface area (Å²) < 4.78 is 30.0. The molecule has 1 heterocycles. The molecule has 3 rings (SSSR count). The Balaban J connectivity index is 1.65. The van der Waals surface area contributed by atoms with Crippen molar-refractivity contribution < 1.29 is 18.3 Å². The number of hydrogen-bond acceptors (Lipinski definition) is 4. The fraction of sp³-hybridized carbons (Fsp3) is 0.438. The highest BCUT2D eigenvalue weighted by molar-refractivity contribution is 5.90. The second-order valence-corrected chi connectivity index (χ2v) is 5.69. The number of rotatable bonds is 5. The molecule has 1 saturated carbocycles. The minimum absolute atomic E-state index is 0.0594. The van der Waals surface area contributed by atoms with Crippen LogP contribution in [0.15, 0.2) is 30.6 Å². The third-order valence-electron chi connectivity index (χ3n) is 3.96. The lowest BCUT2D eigenvalue weighted by atomic mass is 9.95. The van der Waals surface area contributed by atoms with Crippen LogP contribution in [0, 0.1) is 0 Å². The Bertz CT molecular complexity index is 682. The molecule has 6 nitrogen and oxygen atoms in total. The monoisotopic (exact) mass is 336 g/mol. The van der Waals surface area contributed by atoms with E-state index in [1.54, 1.807) is 12.1 Å². The third-order valence-corrected chi connectivity index (χ3v) is 3.96. The fourth-order valence-corrected chi connectivity index (χ4v) is 2.77. The van der Waals surface area contributed by atoms with E-state index in [0.29, 0.717) is 5.69 Å². The highest BCUT2D eigenvalue weighted by atomic mass is 19.3. The molecule has 2 aromatic rings. The lowest BCUT2D eigenvalue weighted by molar-refractivity contribution is -0.0498. The van der Waals surface area contributed by atoms with Crippen molar-refractivity contribution in [1.29, 1.82) is 0 Å². The summed E-state index contributed by atoms with van der Waals surface area (Å²) in [5, 5.41) is 7.09. The van der Waals surface area contributed by atoms with Crippen LogP contribution in [-0.4, -0.2) is 33.3 Å². The largest absolute Gasteiger partial charge is 0.435 e. The van der Waals surface area contributed by atoms with E-state index >= 15 is 0 Å². The van der Waals surface area contributed by atoms with Crippen molar-refractivity contribution in [2.45, 2.75) is 44.8 Å². The number of benzene rings is 1. The van der Waals surface area contributed by atoms with Gasteiger partial charge in [-0.05, 0) is 37.1 Å². The molecule has 1 aliphatic carbocycles. The highest BCUT2D eigenvalue weighted by Crippen LogP contribution is 2.18. The summed E-state index contributed by atoms with van der Waals surface area (Å²) in [6.07, 6.45) is 6.85. The van der Waals surface area contributed by atoms with Gasteiger partial charge in [-0.1, -0.05) is 19.3 Å². The summed E-state index contributed by atoms with van der Waals surface area (Å²) in [6.45, 7) is -2.86. The molecule has 1 aromatic carbocycles. The van der Waals surface area contributed by atoms with Crippen molar-refractivity contribution in [3.8, 4) is 11.4 Å². The standard InChI is InChI=1S/C16H18F2N4O2/c17-16(18)24-13-8-6-12(7-9-13)22-10-19-14(21-22)15(23)20-11-4-2-1-3-5-11/h6-11,16H,1-5H2,(H,20,23). The smallest absolute Gasteiger partial charge is 0.387 e. The lowest BCUT2D eigenvalue weighted by Gasteiger charge is -2.21. The van der Waals surface area contributed by atoms with Crippen LogP contribution < -0.4 is 10.1 Å². The summed E-state index contributed by atoms with van der Waals surface area (Å²) in [5.74, 6) is -0.143. The minimum Gasteiger partial charge on any atom is -0.435 e. The molecule has 128 valence electrons. The van der Waals surface area contributed by atoms with E-state index in [9.17, 15) is 13.6 Å². The Morgan fingerprint density at radius 3 is 2.58 bits per heavy atom. The zero-order valence-electron chi connectivity index (χ0n) is 13.0. The van der Waals surface area contributed by atoms with Crippen LogP contribution >= 0.6 is 0 Å². The first-order chi connectivity index (χ1) is 11.6. The number of carbonyl (C=O) groups excluding carboxylic acids is 1. The van der Waals surface area contributed by atoms with E-state index < -0.39 is 6.61 Å². The summed E-state index contributed by atoms with van der Waals surface area (Å²) in [6, 6.07) is 6.13. The number of nitrogens with zero attached hydrogens (tertiary/aromatic N) is 3. The molecule has 24 heavy (non-hydrogen) atoms. The van der Waals surface area contributed by atoms with Crippen LogP contribution in [0.4, 0.5) is 8.78 Å². The van der Waals surface area contributed by atoms with Gasteiger partial charge in [0.05, 0.1) is 5.69 Å². The maximum Gasteiger partial charge on any atom is 0.387 e. The number of aromatic nitrogens is 3. The maximum absolute atomic E-state index is 12.2. The lowest BCUT2D eigenvalue weighted by Crippen LogP contribution is -2.36. The predicted molar refractivity (Wildman–Crippen MR) is 82.3 cm³/mol. The molecule has 0 atom stereocenters. The average molecular weight is 336 g/mol. The molecule has 0 bridgehead atoms. The van der Waals surface area contributed by atoms with Gasteiger partial charge in [0.2, 0.25) is 5.82 Å². The van der Waals surface area contributed by atoms with Gasteiger partial charge < -0.3 is 10.1 Å². The van der Waals surface area contributed by atoms with Crippen LogP contribution in [-0.2, 0) is 0 Å². The molecular formula is C16H18F2N4O2. The van der Waals surface area contributed by atoms with Gasteiger partial charge in [-0.3, -0.25) is 4.79 Å². The van der Waals surface area contributed by atoms with Crippen molar-refractivity contribution in [3.05, 3.63) is 36.4 Å². The van der Waals surface area contributed by atoms with Gasteiger partial charge in [0.15, 0.2) is 0 Å². The topological polar surface area (TPSA) is 69.0 Å². The van der Waals surface area contributed by atoms with Crippen molar-refractivity contribution in [2.75, 3.05) is 0 Å². The summed E-state index contributed by atoms with van der Waals surface area (Å²) >= 11 is 0. The molecule has 0 unspecified atom stereocenters. The van der Waals surface area contributed by atoms with Gasteiger partial charge in [0.1, 0.15) is 12.1 Å². The molecular weight excluding hydrogens is 318 g/mol. The van der Waals surface area contributed by atoms with Crippen molar-refractivity contribution in [2.24, 2.45) is 0 Å². The summed E-state index contributed by atoms with van der Waals surface area (Å²) in [5.41, 5.74) is 0.598. The van der Waals surface area contributed by atoms with Gasteiger partial charge in [-0.15, -0.1) is 5.10 Å². The Labute approximate surface area is 137 Å². The first-order valence-electron chi connectivity index (χ1n) is 7.89. The van der Waals surface area contributed by atoms with Gasteiger partial charge in [-0.2, -0.15) is 8.78 Å². The van der Waals surface area contributed by atoms with Crippen LogP contribution in [0.5, 0.6) is 5.75 Å². The Hall–Kier alpha value is -2.51. The molecule has 1 fully saturated rings. The molecule has 1 aliphatic rings. The first-order valence-corrected chi connectivity index (χ1v) is 7.89. The quantitative estimate of drug-likeness (QED) is 0.911. The minimum atomic E-state index is -2.86. The molecule has 0 aliphatic heterocycles. The summed E-state index contributed by atoms with van der Waals surface area (Å²) in [4.78, 5) is 16.2. The van der Waals surface area contributed by atoms with Crippen molar-refractivity contribution in [1.82, 2.24) is 20.1 Å². The Morgan fingerprint density at radius 1 is 1.21 bits per heavy atom. The van der Waals surface area contributed by atoms with E-state index in [1.165, 1.54) is 29.6 Å². The zero-order valence-corrected chi connectivity index (χ0v) is 13.0. The van der Waals surface area contributed by atoms with E-state index in [1.807, 2.05) is 0 Å². The second-order valence-electron chi connectivity index (χ2n) is 5.69. The van der Waals surface area contributed by atoms with Crippen LogP contribution in [0.3, 0.4) is 0 Å². The zero-order chi connectivity index (χ0) is 16.9.